The number of anilines is 1. The summed E-state index contributed by atoms with van der Waals surface area (Å²) in [7, 11) is 0. The SMILES string of the molecule is Cc1cnn(-c2ccncc2N2CCC(C(=O)N3CCC[C@@H]3C(N)=O)CC2)c1. The Morgan fingerprint density at radius 3 is 2.57 bits per heavy atom. The fraction of sp³-hybridized carbons (Fsp3) is 0.500. The molecule has 4 rings (SSSR count). The maximum atomic E-state index is 12.9. The minimum atomic E-state index is -0.432. The van der Waals surface area contributed by atoms with Gasteiger partial charge < -0.3 is 15.5 Å². The lowest BCUT2D eigenvalue weighted by molar-refractivity contribution is -0.141. The molecule has 2 aromatic heterocycles. The topological polar surface area (TPSA) is 97.3 Å². The fourth-order valence-corrected chi connectivity index (χ4v) is 4.29. The van der Waals surface area contributed by atoms with E-state index in [2.05, 4.69) is 15.0 Å². The molecule has 0 radical (unpaired) electrons. The largest absolute Gasteiger partial charge is 0.368 e. The zero-order valence-electron chi connectivity index (χ0n) is 16.1. The molecule has 2 aromatic rings. The van der Waals surface area contributed by atoms with Gasteiger partial charge in [-0.1, -0.05) is 0 Å². The van der Waals surface area contributed by atoms with E-state index in [0.29, 0.717) is 13.0 Å². The number of hydrogen-bond acceptors (Lipinski definition) is 5. The third-order valence-electron chi connectivity index (χ3n) is 5.79. The highest BCUT2D eigenvalue weighted by Gasteiger charge is 2.37. The number of likely N-dealkylation sites (tertiary alicyclic amines) is 1. The highest BCUT2D eigenvalue weighted by atomic mass is 16.2. The van der Waals surface area contributed by atoms with Gasteiger partial charge in [0.2, 0.25) is 11.8 Å². The number of amides is 2. The van der Waals surface area contributed by atoms with E-state index in [4.69, 9.17) is 5.73 Å². The van der Waals surface area contributed by atoms with E-state index >= 15 is 0 Å². The Labute approximate surface area is 164 Å². The summed E-state index contributed by atoms with van der Waals surface area (Å²) in [5, 5.41) is 4.42. The first-order valence-electron chi connectivity index (χ1n) is 9.85. The van der Waals surface area contributed by atoms with Crippen LogP contribution in [0.5, 0.6) is 0 Å². The first kappa shape index (κ1) is 18.5. The van der Waals surface area contributed by atoms with Gasteiger partial charge >= 0.3 is 0 Å². The molecule has 2 N–H and O–H groups in total. The van der Waals surface area contributed by atoms with Crippen LogP contribution in [0.15, 0.2) is 30.9 Å². The van der Waals surface area contributed by atoms with Crippen LogP contribution in [0.2, 0.25) is 0 Å². The molecule has 28 heavy (non-hydrogen) atoms. The normalized spacial score (nSPS) is 20.5. The van der Waals surface area contributed by atoms with Crippen LogP contribution >= 0.6 is 0 Å². The van der Waals surface area contributed by atoms with Crippen LogP contribution < -0.4 is 10.6 Å². The van der Waals surface area contributed by atoms with Crippen molar-refractivity contribution in [3.05, 3.63) is 36.4 Å². The smallest absolute Gasteiger partial charge is 0.240 e. The lowest BCUT2D eigenvalue weighted by atomic mass is 9.94. The van der Waals surface area contributed by atoms with Crippen LogP contribution in [-0.4, -0.2) is 57.2 Å². The number of nitrogens with zero attached hydrogens (tertiary/aromatic N) is 5. The summed E-state index contributed by atoms with van der Waals surface area (Å²) in [4.78, 5) is 32.8. The molecule has 8 heteroatoms. The molecule has 0 saturated carbocycles. The van der Waals surface area contributed by atoms with Gasteiger partial charge in [0.25, 0.3) is 0 Å². The summed E-state index contributed by atoms with van der Waals surface area (Å²) in [5.41, 5.74) is 8.58. The Morgan fingerprint density at radius 2 is 1.89 bits per heavy atom. The number of piperidine rings is 1. The minimum Gasteiger partial charge on any atom is -0.368 e. The quantitative estimate of drug-likeness (QED) is 0.859. The van der Waals surface area contributed by atoms with Crippen molar-refractivity contribution in [1.82, 2.24) is 19.7 Å². The number of aromatic nitrogens is 3. The van der Waals surface area contributed by atoms with Gasteiger partial charge in [-0.3, -0.25) is 14.6 Å². The monoisotopic (exact) mass is 382 g/mol. The van der Waals surface area contributed by atoms with Crippen molar-refractivity contribution in [3.8, 4) is 5.69 Å². The maximum Gasteiger partial charge on any atom is 0.240 e. The van der Waals surface area contributed by atoms with Crippen LogP contribution in [0, 0.1) is 12.8 Å². The number of carbonyl (C=O) groups is 2. The Morgan fingerprint density at radius 1 is 1.11 bits per heavy atom. The maximum absolute atomic E-state index is 12.9. The standard InChI is InChI=1S/C20H26N6O2/c1-14-11-23-26(13-14)16-4-7-22-12-18(16)24-9-5-15(6-10-24)20(28)25-8-2-3-17(25)19(21)27/h4,7,11-13,15,17H,2-3,5-6,8-10H2,1H3,(H2,21,27)/t17-/m1/s1. The predicted molar refractivity (Wildman–Crippen MR) is 105 cm³/mol. The van der Waals surface area contributed by atoms with Crippen LogP contribution in [0.25, 0.3) is 5.69 Å². The van der Waals surface area contributed by atoms with Gasteiger partial charge in [0, 0.05) is 37.9 Å². The van der Waals surface area contributed by atoms with Gasteiger partial charge in [-0.25, -0.2) is 4.68 Å². The fourth-order valence-electron chi connectivity index (χ4n) is 4.29. The van der Waals surface area contributed by atoms with Crippen LogP contribution in [-0.2, 0) is 9.59 Å². The number of nitrogens with two attached hydrogens (primary N) is 1. The summed E-state index contributed by atoms with van der Waals surface area (Å²) in [6.07, 6.45) is 10.5. The molecule has 2 saturated heterocycles. The van der Waals surface area contributed by atoms with E-state index in [1.807, 2.05) is 36.3 Å². The van der Waals surface area contributed by atoms with Crippen molar-refractivity contribution < 1.29 is 9.59 Å². The van der Waals surface area contributed by atoms with Crippen LogP contribution in [0.4, 0.5) is 5.69 Å². The number of aryl methyl sites for hydroxylation is 1. The predicted octanol–water partition coefficient (Wildman–Crippen LogP) is 1.27. The molecule has 148 valence electrons. The zero-order valence-corrected chi connectivity index (χ0v) is 16.1. The molecule has 2 aliphatic heterocycles. The molecule has 2 aliphatic rings. The van der Waals surface area contributed by atoms with Gasteiger partial charge in [-0.15, -0.1) is 0 Å². The van der Waals surface area contributed by atoms with E-state index in [-0.39, 0.29) is 11.8 Å². The zero-order chi connectivity index (χ0) is 19.7. The van der Waals surface area contributed by atoms with Crippen molar-refractivity contribution >= 4 is 17.5 Å². The third kappa shape index (κ3) is 3.46. The van der Waals surface area contributed by atoms with E-state index in [1.54, 1.807) is 11.1 Å². The van der Waals surface area contributed by atoms with Crippen LogP contribution in [0.1, 0.15) is 31.2 Å². The number of carbonyl (C=O) groups excluding carboxylic acids is 2. The molecular formula is C20H26N6O2. The first-order chi connectivity index (χ1) is 13.5. The number of pyridine rings is 1. The van der Waals surface area contributed by atoms with Gasteiger partial charge in [0.1, 0.15) is 6.04 Å². The Balaban J connectivity index is 1.45. The Kier molecular flexibility index (Phi) is 5.02. The molecule has 1 atom stereocenters. The Bertz CT molecular complexity index is 871. The number of primary amides is 1. The summed E-state index contributed by atoms with van der Waals surface area (Å²) in [5.74, 6) is -0.365. The second-order valence-electron chi connectivity index (χ2n) is 7.68. The van der Waals surface area contributed by atoms with Gasteiger partial charge in [0.15, 0.2) is 0 Å². The van der Waals surface area contributed by atoms with Gasteiger partial charge in [-0.2, -0.15) is 5.10 Å². The highest BCUT2D eigenvalue weighted by Crippen LogP contribution is 2.30. The van der Waals surface area contributed by atoms with Crippen molar-refractivity contribution in [1.29, 1.82) is 0 Å². The molecule has 0 unspecified atom stereocenters. The molecule has 0 spiro atoms. The summed E-state index contributed by atoms with van der Waals surface area (Å²) in [6, 6.07) is 1.53. The molecule has 4 heterocycles. The average molecular weight is 382 g/mol. The third-order valence-corrected chi connectivity index (χ3v) is 5.79. The van der Waals surface area contributed by atoms with E-state index in [1.165, 1.54) is 0 Å². The van der Waals surface area contributed by atoms with Gasteiger partial charge in [-0.05, 0) is 44.2 Å². The summed E-state index contributed by atoms with van der Waals surface area (Å²) in [6.45, 7) is 4.19. The summed E-state index contributed by atoms with van der Waals surface area (Å²) < 4.78 is 1.87. The molecule has 0 bridgehead atoms. The van der Waals surface area contributed by atoms with Crippen LogP contribution in [0.3, 0.4) is 0 Å². The molecule has 0 aliphatic carbocycles. The molecule has 2 fully saturated rings. The second-order valence-corrected chi connectivity index (χ2v) is 7.68. The van der Waals surface area contributed by atoms with E-state index < -0.39 is 11.9 Å². The first-order valence-corrected chi connectivity index (χ1v) is 9.85. The lowest BCUT2D eigenvalue weighted by Gasteiger charge is -2.36. The summed E-state index contributed by atoms with van der Waals surface area (Å²) >= 11 is 0. The number of rotatable bonds is 4. The molecular weight excluding hydrogens is 356 g/mol. The van der Waals surface area contributed by atoms with Crippen molar-refractivity contribution in [2.45, 2.75) is 38.6 Å². The second kappa shape index (κ2) is 7.61. The van der Waals surface area contributed by atoms with Crippen molar-refractivity contribution in [2.75, 3.05) is 24.5 Å². The lowest BCUT2D eigenvalue weighted by Crippen LogP contribution is -2.48. The van der Waals surface area contributed by atoms with E-state index in [0.717, 1.165) is 49.3 Å². The van der Waals surface area contributed by atoms with Gasteiger partial charge in [0.05, 0.1) is 23.8 Å². The van der Waals surface area contributed by atoms with Crippen molar-refractivity contribution in [2.24, 2.45) is 11.7 Å². The molecule has 8 nitrogen and oxygen atoms in total. The number of hydrogen-bond donors (Lipinski definition) is 1. The average Bonchev–Trinajstić information content (AvgIpc) is 3.37. The highest BCUT2D eigenvalue weighted by molar-refractivity contribution is 5.88. The minimum absolute atomic E-state index is 0.0525. The van der Waals surface area contributed by atoms with E-state index in [9.17, 15) is 9.59 Å². The Hall–Kier alpha value is -2.90. The molecule has 2 amide bonds. The molecule has 0 aromatic carbocycles. The van der Waals surface area contributed by atoms with Crippen molar-refractivity contribution in [3.63, 3.8) is 0 Å².